The summed E-state index contributed by atoms with van der Waals surface area (Å²) in [5, 5.41) is 3.19. The average molecular weight is 286 g/mol. The number of hydrogen-bond donors (Lipinski definition) is 1. The molecule has 2 N–H and O–H groups in total. The van der Waals surface area contributed by atoms with Crippen molar-refractivity contribution in [2.75, 3.05) is 0 Å². The SMILES string of the molecule is NC(c1ccc(Cl)c2ccccc12)C1C2CCCCC21. The van der Waals surface area contributed by atoms with Crippen molar-refractivity contribution in [3.05, 3.63) is 47.0 Å². The van der Waals surface area contributed by atoms with Crippen molar-refractivity contribution < 1.29 is 0 Å². The van der Waals surface area contributed by atoms with Crippen LogP contribution in [0.25, 0.3) is 10.8 Å². The van der Waals surface area contributed by atoms with E-state index in [1.54, 1.807) is 0 Å². The average Bonchev–Trinajstić information content (AvgIpc) is 3.22. The van der Waals surface area contributed by atoms with Gasteiger partial charge in [0.05, 0.1) is 0 Å². The van der Waals surface area contributed by atoms with E-state index in [2.05, 4.69) is 24.3 Å². The molecule has 0 aromatic heterocycles. The lowest BCUT2D eigenvalue weighted by molar-refractivity contribution is 0.480. The first-order chi connectivity index (χ1) is 9.77. The van der Waals surface area contributed by atoms with E-state index in [4.69, 9.17) is 17.3 Å². The van der Waals surface area contributed by atoms with Gasteiger partial charge in [-0.1, -0.05) is 54.8 Å². The standard InChI is InChI=1S/C18H20ClN/c19-16-10-9-15(11-5-1-2-6-12(11)16)18(20)17-13-7-3-4-8-14(13)17/h1-2,5-6,9-10,13-14,17-18H,3-4,7-8,20H2. The minimum atomic E-state index is 0.172. The molecule has 2 aromatic carbocycles. The first kappa shape index (κ1) is 12.7. The maximum Gasteiger partial charge on any atom is 0.0484 e. The molecule has 0 spiro atoms. The summed E-state index contributed by atoms with van der Waals surface area (Å²) >= 11 is 6.31. The quantitative estimate of drug-likeness (QED) is 0.832. The van der Waals surface area contributed by atoms with E-state index >= 15 is 0 Å². The van der Waals surface area contributed by atoms with Crippen LogP contribution < -0.4 is 5.73 Å². The molecule has 3 atom stereocenters. The van der Waals surface area contributed by atoms with Crippen LogP contribution in [0.15, 0.2) is 36.4 Å². The van der Waals surface area contributed by atoms with E-state index in [0.29, 0.717) is 5.92 Å². The van der Waals surface area contributed by atoms with Crippen LogP contribution in [0.2, 0.25) is 5.02 Å². The van der Waals surface area contributed by atoms with E-state index in [0.717, 1.165) is 22.2 Å². The highest BCUT2D eigenvalue weighted by molar-refractivity contribution is 6.35. The molecule has 2 saturated carbocycles. The summed E-state index contributed by atoms with van der Waals surface area (Å²) in [5.74, 6) is 2.46. The molecule has 2 fully saturated rings. The van der Waals surface area contributed by atoms with Crippen molar-refractivity contribution in [3.63, 3.8) is 0 Å². The number of benzene rings is 2. The van der Waals surface area contributed by atoms with Crippen LogP contribution in [0.5, 0.6) is 0 Å². The van der Waals surface area contributed by atoms with Gasteiger partial charge < -0.3 is 5.73 Å². The second-order valence-electron chi connectivity index (χ2n) is 6.40. The Hall–Kier alpha value is -1.05. The number of nitrogens with two attached hydrogens (primary N) is 1. The smallest absolute Gasteiger partial charge is 0.0484 e. The zero-order valence-corrected chi connectivity index (χ0v) is 12.3. The fourth-order valence-electron chi connectivity index (χ4n) is 4.36. The molecule has 0 saturated heterocycles. The zero-order chi connectivity index (χ0) is 13.7. The van der Waals surface area contributed by atoms with Crippen LogP contribution in [0.3, 0.4) is 0 Å². The molecule has 0 bridgehead atoms. The van der Waals surface area contributed by atoms with Crippen LogP contribution in [0.1, 0.15) is 37.3 Å². The maximum absolute atomic E-state index is 6.63. The molecule has 20 heavy (non-hydrogen) atoms. The number of fused-ring (bicyclic) bond motifs is 2. The highest BCUT2D eigenvalue weighted by atomic mass is 35.5. The van der Waals surface area contributed by atoms with Crippen LogP contribution >= 0.6 is 11.6 Å². The Bertz CT molecular complexity index is 639. The third-order valence-corrected chi connectivity index (χ3v) is 5.73. The second kappa shape index (κ2) is 4.75. The van der Waals surface area contributed by atoms with Gasteiger partial charge in [-0.2, -0.15) is 0 Å². The second-order valence-corrected chi connectivity index (χ2v) is 6.80. The number of rotatable bonds is 2. The van der Waals surface area contributed by atoms with E-state index in [9.17, 15) is 0 Å². The molecule has 104 valence electrons. The van der Waals surface area contributed by atoms with Gasteiger partial charge in [0.25, 0.3) is 0 Å². The minimum Gasteiger partial charge on any atom is -0.324 e. The molecule has 0 aliphatic heterocycles. The summed E-state index contributed by atoms with van der Waals surface area (Å²) in [6.45, 7) is 0. The van der Waals surface area contributed by atoms with E-state index in [1.807, 2.05) is 12.1 Å². The Morgan fingerprint density at radius 2 is 1.60 bits per heavy atom. The van der Waals surface area contributed by atoms with Crippen molar-refractivity contribution in [1.82, 2.24) is 0 Å². The first-order valence-electron chi connectivity index (χ1n) is 7.70. The lowest BCUT2D eigenvalue weighted by atomic mass is 9.95. The van der Waals surface area contributed by atoms with Gasteiger partial charge in [-0.25, -0.2) is 0 Å². The summed E-state index contributed by atoms with van der Waals surface area (Å²) in [7, 11) is 0. The van der Waals surface area contributed by atoms with Gasteiger partial charge in [0.2, 0.25) is 0 Å². The van der Waals surface area contributed by atoms with Crippen molar-refractivity contribution in [2.45, 2.75) is 31.7 Å². The molecule has 0 amide bonds. The number of hydrogen-bond acceptors (Lipinski definition) is 1. The molecule has 0 radical (unpaired) electrons. The van der Waals surface area contributed by atoms with E-state index in [-0.39, 0.29) is 6.04 Å². The first-order valence-corrected chi connectivity index (χ1v) is 8.08. The van der Waals surface area contributed by atoms with Gasteiger partial charge >= 0.3 is 0 Å². The molecule has 2 aliphatic carbocycles. The normalized spacial score (nSPS) is 30.0. The molecule has 1 nitrogen and oxygen atoms in total. The molecule has 4 rings (SSSR count). The van der Waals surface area contributed by atoms with Crippen LogP contribution in [0, 0.1) is 17.8 Å². The molecule has 2 aliphatic rings. The lowest BCUT2D eigenvalue weighted by Gasteiger charge is -2.16. The Morgan fingerprint density at radius 1 is 0.950 bits per heavy atom. The van der Waals surface area contributed by atoms with Crippen molar-refractivity contribution in [3.8, 4) is 0 Å². The van der Waals surface area contributed by atoms with Gasteiger partial charge in [0.15, 0.2) is 0 Å². The zero-order valence-electron chi connectivity index (χ0n) is 11.6. The molecular formula is C18H20ClN. The molecular weight excluding hydrogens is 266 g/mol. The predicted molar refractivity (Wildman–Crippen MR) is 84.8 cm³/mol. The van der Waals surface area contributed by atoms with Gasteiger partial charge in [0.1, 0.15) is 0 Å². The molecule has 2 heteroatoms. The highest BCUT2D eigenvalue weighted by Crippen LogP contribution is 2.60. The third-order valence-electron chi connectivity index (χ3n) is 5.40. The van der Waals surface area contributed by atoms with Crippen LogP contribution in [-0.4, -0.2) is 0 Å². The van der Waals surface area contributed by atoms with E-state index in [1.165, 1.54) is 36.6 Å². The van der Waals surface area contributed by atoms with Gasteiger partial charge in [0, 0.05) is 16.5 Å². The largest absolute Gasteiger partial charge is 0.324 e. The maximum atomic E-state index is 6.63. The lowest BCUT2D eigenvalue weighted by Crippen LogP contribution is -2.14. The highest BCUT2D eigenvalue weighted by Gasteiger charge is 2.53. The summed E-state index contributed by atoms with van der Waals surface area (Å²) in [6.07, 6.45) is 5.56. The predicted octanol–water partition coefficient (Wildman–Crippen LogP) is 4.93. The fourth-order valence-corrected chi connectivity index (χ4v) is 4.59. The third kappa shape index (κ3) is 1.88. The summed E-state index contributed by atoms with van der Waals surface area (Å²) in [6, 6.07) is 12.7. The number of halogens is 1. The Labute approximate surface area is 125 Å². The summed E-state index contributed by atoms with van der Waals surface area (Å²) in [4.78, 5) is 0. The Balaban J connectivity index is 1.73. The van der Waals surface area contributed by atoms with E-state index < -0.39 is 0 Å². The molecule has 0 heterocycles. The fraction of sp³-hybridized carbons (Fsp3) is 0.444. The van der Waals surface area contributed by atoms with Gasteiger partial charge in [-0.15, -0.1) is 0 Å². The molecule has 3 unspecified atom stereocenters. The van der Waals surface area contributed by atoms with Crippen LogP contribution in [-0.2, 0) is 0 Å². The van der Waals surface area contributed by atoms with Crippen molar-refractivity contribution in [1.29, 1.82) is 0 Å². The topological polar surface area (TPSA) is 26.0 Å². The van der Waals surface area contributed by atoms with Gasteiger partial charge in [-0.05, 0) is 47.6 Å². The van der Waals surface area contributed by atoms with Crippen LogP contribution in [0.4, 0.5) is 0 Å². The van der Waals surface area contributed by atoms with Crippen molar-refractivity contribution >= 4 is 22.4 Å². The minimum absolute atomic E-state index is 0.172. The summed E-state index contributed by atoms with van der Waals surface area (Å²) in [5.41, 5.74) is 7.91. The molecule has 2 aromatic rings. The van der Waals surface area contributed by atoms with Gasteiger partial charge in [-0.3, -0.25) is 0 Å². The monoisotopic (exact) mass is 285 g/mol. The van der Waals surface area contributed by atoms with Crippen molar-refractivity contribution in [2.24, 2.45) is 23.5 Å². The Morgan fingerprint density at radius 3 is 2.30 bits per heavy atom. The summed E-state index contributed by atoms with van der Waals surface area (Å²) < 4.78 is 0. The Kier molecular flexibility index (Phi) is 3.01.